The van der Waals surface area contributed by atoms with E-state index in [0.29, 0.717) is 0 Å². The fraction of sp³-hybridized carbons (Fsp3) is 0. The zero-order valence-corrected chi connectivity index (χ0v) is 10.5. The normalized spacial score (nSPS) is 13.1. The second kappa shape index (κ2) is 3.83. The second-order valence-corrected chi connectivity index (χ2v) is 4.72. The molecule has 2 aromatic rings. The number of benzene rings is 2. The third kappa shape index (κ3) is 1.47. The number of ketones is 2. The van der Waals surface area contributed by atoms with Crippen molar-refractivity contribution in [1.82, 2.24) is 0 Å². The summed E-state index contributed by atoms with van der Waals surface area (Å²) in [5.41, 5.74) is 12.9. The molecule has 0 bridgehead atoms. The zero-order valence-electron chi connectivity index (χ0n) is 9.74. The van der Waals surface area contributed by atoms with Crippen LogP contribution in [0.25, 0.3) is 0 Å². The van der Waals surface area contributed by atoms with Crippen LogP contribution in [0.1, 0.15) is 31.8 Å². The number of rotatable bonds is 0. The van der Waals surface area contributed by atoms with Crippen LogP contribution in [0.3, 0.4) is 0 Å². The first-order valence-corrected chi connectivity index (χ1v) is 5.96. The van der Waals surface area contributed by atoms with Gasteiger partial charge >= 0.3 is 0 Å². The van der Waals surface area contributed by atoms with Gasteiger partial charge in [-0.05, 0) is 18.2 Å². The van der Waals surface area contributed by atoms with Crippen molar-refractivity contribution >= 4 is 34.5 Å². The van der Waals surface area contributed by atoms with Gasteiger partial charge in [-0.2, -0.15) is 0 Å². The number of hydrogen-bond donors (Lipinski definition) is 2. The van der Waals surface area contributed by atoms with Crippen molar-refractivity contribution in [3.63, 3.8) is 0 Å². The van der Waals surface area contributed by atoms with Gasteiger partial charge in [0.15, 0.2) is 11.6 Å². The molecule has 0 saturated heterocycles. The molecule has 0 aromatic heterocycles. The van der Waals surface area contributed by atoms with E-state index in [9.17, 15) is 9.59 Å². The number of carbonyl (C=O) groups excluding carboxylic acids is 2. The predicted molar refractivity (Wildman–Crippen MR) is 73.6 cm³/mol. The topological polar surface area (TPSA) is 86.2 Å². The maximum Gasteiger partial charge on any atom is 0.198 e. The number of halogens is 1. The van der Waals surface area contributed by atoms with Crippen LogP contribution in [0.2, 0.25) is 5.02 Å². The lowest BCUT2D eigenvalue weighted by Gasteiger charge is -2.20. The van der Waals surface area contributed by atoms with Crippen molar-refractivity contribution in [1.29, 1.82) is 0 Å². The van der Waals surface area contributed by atoms with Crippen LogP contribution in [0, 0.1) is 0 Å². The molecule has 1 aliphatic rings. The van der Waals surface area contributed by atoms with E-state index in [1.54, 1.807) is 18.2 Å². The third-order valence-electron chi connectivity index (χ3n) is 3.21. The molecule has 3 rings (SSSR count). The highest BCUT2D eigenvalue weighted by molar-refractivity contribution is 6.40. The molecule has 19 heavy (non-hydrogen) atoms. The number of hydrogen-bond acceptors (Lipinski definition) is 4. The second-order valence-electron chi connectivity index (χ2n) is 4.31. The molecule has 5 heteroatoms. The van der Waals surface area contributed by atoms with E-state index in [1.165, 1.54) is 12.1 Å². The average molecular weight is 273 g/mol. The van der Waals surface area contributed by atoms with E-state index in [0.717, 1.165) is 0 Å². The Morgan fingerprint density at radius 3 is 2.21 bits per heavy atom. The minimum absolute atomic E-state index is 0.142. The van der Waals surface area contributed by atoms with Crippen molar-refractivity contribution in [3.8, 4) is 0 Å². The monoisotopic (exact) mass is 272 g/mol. The summed E-state index contributed by atoms with van der Waals surface area (Å²) in [5.74, 6) is -0.683. The zero-order chi connectivity index (χ0) is 13.7. The van der Waals surface area contributed by atoms with E-state index in [4.69, 9.17) is 23.1 Å². The molecule has 0 radical (unpaired) electrons. The van der Waals surface area contributed by atoms with Crippen LogP contribution >= 0.6 is 11.6 Å². The summed E-state index contributed by atoms with van der Waals surface area (Å²) < 4.78 is 0. The molecule has 1 aliphatic carbocycles. The quantitative estimate of drug-likeness (QED) is 0.615. The number of nitrogen functional groups attached to an aromatic ring is 2. The SMILES string of the molecule is Nc1cccc2c1C(=O)c1c(N)ccc(Cl)c1C2=O. The van der Waals surface area contributed by atoms with E-state index >= 15 is 0 Å². The molecule has 94 valence electrons. The van der Waals surface area contributed by atoms with E-state index in [1.807, 2.05) is 0 Å². The van der Waals surface area contributed by atoms with Gasteiger partial charge in [-0.3, -0.25) is 9.59 Å². The molecule has 0 spiro atoms. The maximum atomic E-state index is 12.5. The minimum Gasteiger partial charge on any atom is -0.398 e. The minimum atomic E-state index is -0.359. The Morgan fingerprint density at radius 2 is 1.47 bits per heavy atom. The molecular weight excluding hydrogens is 264 g/mol. The summed E-state index contributed by atoms with van der Waals surface area (Å²) in [5, 5.41) is 0.218. The molecule has 2 aromatic carbocycles. The van der Waals surface area contributed by atoms with Crippen LogP contribution in [-0.2, 0) is 0 Å². The van der Waals surface area contributed by atoms with Gasteiger partial charge in [0.05, 0.1) is 21.7 Å². The van der Waals surface area contributed by atoms with E-state index < -0.39 is 0 Å². The van der Waals surface area contributed by atoms with Gasteiger partial charge < -0.3 is 11.5 Å². The first kappa shape index (κ1) is 11.7. The molecule has 4 N–H and O–H groups in total. The van der Waals surface area contributed by atoms with Gasteiger partial charge in [0.25, 0.3) is 0 Å². The van der Waals surface area contributed by atoms with Crippen LogP contribution in [0.4, 0.5) is 11.4 Å². The van der Waals surface area contributed by atoms with Crippen LogP contribution < -0.4 is 11.5 Å². The summed E-state index contributed by atoms with van der Waals surface area (Å²) in [4.78, 5) is 24.9. The standard InChI is InChI=1S/C14H9ClN2O2/c15-7-4-5-9(17)12-11(7)13(18)6-2-1-3-8(16)10(6)14(12)19/h1-5H,16-17H2. The molecule has 0 amide bonds. The van der Waals surface area contributed by atoms with Crippen molar-refractivity contribution in [2.75, 3.05) is 11.5 Å². The Kier molecular flexibility index (Phi) is 2.37. The van der Waals surface area contributed by atoms with Gasteiger partial charge in [0.2, 0.25) is 0 Å². The molecule has 0 unspecified atom stereocenters. The predicted octanol–water partition coefficient (Wildman–Crippen LogP) is 2.28. The summed E-state index contributed by atoms with van der Waals surface area (Å²) >= 11 is 6.02. The molecule has 0 atom stereocenters. The van der Waals surface area contributed by atoms with Crippen LogP contribution in [-0.4, -0.2) is 11.6 Å². The van der Waals surface area contributed by atoms with E-state index in [2.05, 4.69) is 0 Å². The first-order valence-electron chi connectivity index (χ1n) is 5.58. The fourth-order valence-corrected chi connectivity index (χ4v) is 2.58. The highest BCUT2D eigenvalue weighted by Crippen LogP contribution is 2.36. The van der Waals surface area contributed by atoms with Gasteiger partial charge in [-0.1, -0.05) is 23.7 Å². The van der Waals surface area contributed by atoms with E-state index in [-0.39, 0.29) is 50.2 Å². The molecular formula is C14H9ClN2O2. The fourth-order valence-electron chi connectivity index (χ4n) is 2.33. The largest absolute Gasteiger partial charge is 0.398 e. The summed E-state index contributed by atoms with van der Waals surface area (Å²) in [6, 6.07) is 7.79. The Labute approximate surface area is 114 Å². The van der Waals surface area contributed by atoms with Crippen molar-refractivity contribution in [2.24, 2.45) is 0 Å². The van der Waals surface area contributed by atoms with Crippen LogP contribution in [0.5, 0.6) is 0 Å². The maximum absolute atomic E-state index is 12.5. The average Bonchev–Trinajstić information content (AvgIpc) is 2.38. The van der Waals surface area contributed by atoms with Crippen LogP contribution in [0.15, 0.2) is 30.3 Å². The highest BCUT2D eigenvalue weighted by atomic mass is 35.5. The Bertz CT molecular complexity index is 753. The summed E-state index contributed by atoms with van der Waals surface area (Å²) in [7, 11) is 0. The molecule has 0 saturated carbocycles. The number of nitrogens with two attached hydrogens (primary N) is 2. The first-order chi connectivity index (χ1) is 9.02. The van der Waals surface area contributed by atoms with Gasteiger partial charge in [0.1, 0.15) is 0 Å². The smallest absolute Gasteiger partial charge is 0.198 e. The molecule has 4 nitrogen and oxygen atoms in total. The summed E-state index contributed by atoms with van der Waals surface area (Å²) in [6.45, 7) is 0. The lowest BCUT2D eigenvalue weighted by Crippen LogP contribution is -2.24. The van der Waals surface area contributed by atoms with Gasteiger partial charge in [0, 0.05) is 16.9 Å². The third-order valence-corrected chi connectivity index (χ3v) is 3.52. The molecule has 0 heterocycles. The Balaban J connectivity index is 2.43. The van der Waals surface area contributed by atoms with Crippen molar-refractivity contribution in [3.05, 3.63) is 57.6 Å². The lowest BCUT2D eigenvalue weighted by molar-refractivity contribution is 0.0980. The Morgan fingerprint density at radius 1 is 0.789 bits per heavy atom. The van der Waals surface area contributed by atoms with Gasteiger partial charge in [-0.15, -0.1) is 0 Å². The molecule has 0 aliphatic heterocycles. The highest BCUT2D eigenvalue weighted by Gasteiger charge is 2.34. The summed E-state index contributed by atoms with van der Waals surface area (Å²) in [6.07, 6.45) is 0. The van der Waals surface area contributed by atoms with Crippen molar-refractivity contribution in [2.45, 2.75) is 0 Å². The lowest BCUT2D eigenvalue weighted by atomic mass is 9.82. The van der Waals surface area contributed by atoms with Gasteiger partial charge in [-0.25, -0.2) is 0 Å². The van der Waals surface area contributed by atoms with Crippen molar-refractivity contribution < 1.29 is 9.59 Å². The number of anilines is 2. The Hall–Kier alpha value is -2.33. The number of carbonyl (C=O) groups is 2. The number of fused-ring (bicyclic) bond motifs is 2. The molecule has 0 fully saturated rings.